The molecular weight excluding hydrogens is 298 g/mol. The van der Waals surface area contributed by atoms with Gasteiger partial charge < -0.3 is 10.1 Å². The molecule has 24 heavy (non-hydrogen) atoms. The van der Waals surface area contributed by atoms with E-state index in [9.17, 15) is 4.79 Å². The monoisotopic (exact) mass is 323 g/mol. The van der Waals surface area contributed by atoms with Crippen molar-refractivity contribution in [2.24, 2.45) is 5.92 Å². The second-order valence-corrected chi connectivity index (χ2v) is 6.59. The maximum atomic E-state index is 12.2. The molecule has 0 aromatic heterocycles. The van der Waals surface area contributed by atoms with Crippen molar-refractivity contribution in [3.05, 3.63) is 54.6 Å². The van der Waals surface area contributed by atoms with Crippen molar-refractivity contribution in [1.82, 2.24) is 5.32 Å². The predicted molar refractivity (Wildman–Crippen MR) is 96.9 cm³/mol. The normalized spacial score (nSPS) is 20.4. The smallest absolute Gasteiger partial charge is 0.258 e. The van der Waals surface area contributed by atoms with Gasteiger partial charge in [0, 0.05) is 11.6 Å². The van der Waals surface area contributed by atoms with Crippen LogP contribution in [0.2, 0.25) is 0 Å². The van der Waals surface area contributed by atoms with E-state index >= 15 is 0 Å². The van der Waals surface area contributed by atoms with Gasteiger partial charge in [-0.1, -0.05) is 68.3 Å². The second kappa shape index (κ2) is 8.00. The molecule has 1 N–H and O–H groups in total. The third-order valence-electron chi connectivity index (χ3n) is 4.79. The average molecular weight is 323 g/mol. The number of benzene rings is 2. The Balaban J connectivity index is 1.61. The summed E-state index contributed by atoms with van der Waals surface area (Å²) in [7, 11) is 0. The largest absolute Gasteiger partial charge is 0.483 e. The molecule has 3 nitrogen and oxygen atoms in total. The van der Waals surface area contributed by atoms with Gasteiger partial charge in [0.2, 0.25) is 0 Å². The van der Waals surface area contributed by atoms with Gasteiger partial charge in [0.05, 0.1) is 0 Å². The molecular formula is C21H25NO2. The Hall–Kier alpha value is -2.29. The van der Waals surface area contributed by atoms with E-state index in [4.69, 9.17) is 4.74 Å². The van der Waals surface area contributed by atoms with Gasteiger partial charge >= 0.3 is 0 Å². The van der Waals surface area contributed by atoms with Crippen LogP contribution in [0.1, 0.15) is 32.6 Å². The molecule has 2 aromatic carbocycles. The van der Waals surface area contributed by atoms with Gasteiger partial charge in [0.25, 0.3) is 5.91 Å². The summed E-state index contributed by atoms with van der Waals surface area (Å²) in [6.45, 7) is 2.28. The van der Waals surface area contributed by atoms with E-state index in [2.05, 4.69) is 12.2 Å². The van der Waals surface area contributed by atoms with Crippen molar-refractivity contribution >= 4 is 5.91 Å². The molecule has 3 rings (SSSR count). The fraction of sp³-hybridized carbons (Fsp3) is 0.381. The zero-order valence-electron chi connectivity index (χ0n) is 14.2. The van der Waals surface area contributed by atoms with E-state index in [1.54, 1.807) is 0 Å². The van der Waals surface area contributed by atoms with Crippen LogP contribution in [0.4, 0.5) is 0 Å². The van der Waals surface area contributed by atoms with Crippen LogP contribution in [0.25, 0.3) is 11.1 Å². The molecule has 1 saturated carbocycles. The van der Waals surface area contributed by atoms with Crippen molar-refractivity contribution in [2.45, 2.75) is 38.6 Å². The van der Waals surface area contributed by atoms with Gasteiger partial charge in [-0.25, -0.2) is 0 Å². The van der Waals surface area contributed by atoms with Crippen molar-refractivity contribution in [1.29, 1.82) is 0 Å². The molecule has 0 saturated heterocycles. The van der Waals surface area contributed by atoms with Crippen LogP contribution in [-0.2, 0) is 4.79 Å². The van der Waals surface area contributed by atoms with E-state index in [1.807, 2.05) is 54.6 Å². The number of para-hydroxylation sites is 1. The summed E-state index contributed by atoms with van der Waals surface area (Å²) < 4.78 is 5.82. The molecule has 3 heteroatoms. The first kappa shape index (κ1) is 16.6. The van der Waals surface area contributed by atoms with E-state index in [-0.39, 0.29) is 12.5 Å². The average Bonchev–Trinajstić information content (AvgIpc) is 2.63. The molecule has 0 heterocycles. The van der Waals surface area contributed by atoms with Crippen molar-refractivity contribution in [3.63, 3.8) is 0 Å². The number of amides is 1. The maximum absolute atomic E-state index is 12.2. The lowest BCUT2D eigenvalue weighted by molar-refractivity contribution is -0.124. The Morgan fingerprint density at radius 3 is 2.54 bits per heavy atom. The number of carbonyl (C=O) groups excluding carboxylic acids is 1. The number of hydrogen-bond acceptors (Lipinski definition) is 2. The minimum absolute atomic E-state index is 0.0309. The standard InChI is InChI=1S/C21H25NO2/c1-16-9-5-7-13-19(16)22-21(23)15-24-20-14-8-6-12-18(20)17-10-3-2-4-11-17/h2-4,6,8,10-12,14,16,19H,5,7,9,13,15H2,1H3,(H,22,23)/t16-,19+/m1/s1. The van der Waals surface area contributed by atoms with E-state index < -0.39 is 0 Å². The van der Waals surface area contributed by atoms with Crippen LogP contribution < -0.4 is 10.1 Å². The second-order valence-electron chi connectivity index (χ2n) is 6.59. The lowest BCUT2D eigenvalue weighted by Gasteiger charge is -2.29. The number of nitrogens with one attached hydrogen (secondary N) is 1. The first-order valence-corrected chi connectivity index (χ1v) is 8.80. The fourth-order valence-electron chi connectivity index (χ4n) is 3.37. The Bertz CT molecular complexity index is 669. The molecule has 0 bridgehead atoms. The van der Waals surface area contributed by atoms with E-state index in [1.165, 1.54) is 19.3 Å². The quantitative estimate of drug-likeness (QED) is 0.884. The number of rotatable bonds is 5. The lowest BCUT2D eigenvalue weighted by atomic mass is 9.86. The summed E-state index contributed by atoms with van der Waals surface area (Å²) in [5, 5.41) is 3.13. The topological polar surface area (TPSA) is 38.3 Å². The van der Waals surface area contributed by atoms with Crippen LogP contribution in [0.5, 0.6) is 5.75 Å². The first-order chi connectivity index (χ1) is 11.7. The molecule has 0 spiro atoms. The Kier molecular flexibility index (Phi) is 5.52. The summed E-state index contributed by atoms with van der Waals surface area (Å²) in [4.78, 5) is 12.2. The predicted octanol–water partition coefficient (Wildman–Crippen LogP) is 4.43. The number of carbonyl (C=O) groups is 1. The van der Waals surface area contributed by atoms with E-state index in [0.717, 1.165) is 23.3 Å². The highest BCUT2D eigenvalue weighted by molar-refractivity contribution is 5.78. The van der Waals surface area contributed by atoms with Crippen LogP contribution >= 0.6 is 0 Å². The highest BCUT2D eigenvalue weighted by Gasteiger charge is 2.22. The Morgan fingerprint density at radius 1 is 1.04 bits per heavy atom. The van der Waals surface area contributed by atoms with Gasteiger partial charge in [-0.3, -0.25) is 4.79 Å². The maximum Gasteiger partial charge on any atom is 0.258 e. The molecule has 0 aliphatic heterocycles. The van der Waals surface area contributed by atoms with Crippen molar-refractivity contribution in [2.75, 3.05) is 6.61 Å². The molecule has 126 valence electrons. The SMILES string of the molecule is C[C@@H]1CCCC[C@@H]1NC(=O)COc1ccccc1-c1ccccc1. The number of hydrogen-bond donors (Lipinski definition) is 1. The minimum atomic E-state index is -0.0309. The molecule has 2 atom stereocenters. The minimum Gasteiger partial charge on any atom is -0.483 e. The van der Waals surface area contributed by atoms with Crippen molar-refractivity contribution < 1.29 is 9.53 Å². The van der Waals surface area contributed by atoms with E-state index in [0.29, 0.717) is 12.0 Å². The van der Waals surface area contributed by atoms with Gasteiger partial charge in [-0.05, 0) is 30.4 Å². The van der Waals surface area contributed by atoms with Gasteiger partial charge in [0.15, 0.2) is 6.61 Å². The molecule has 1 fully saturated rings. The molecule has 2 aromatic rings. The zero-order valence-corrected chi connectivity index (χ0v) is 14.2. The summed E-state index contributed by atoms with van der Waals surface area (Å²) in [6, 6.07) is 18.2. The van der Waals surface area contributed by atoms with Crippen molar-refractivity contribution in [3.8, 4) is 16.9 Å². The molecule has 1 amide bonds. The summed E-state index contributed by atoms with van der Waals surface area (Å²) in [6.07, 6.45) is 4.75. The van der Waals surface area contributed by atoms with Crippen LogP contribution in [0, 0.1) is 5.92 Å². The molecule has 1 aliphatic carbocycles. The Morgan fingerprint density at radius 2 is 1.75 bits per heavy atom. The van der Waals surface area contributed by atoms with Crippen LogP contribution in [0.15, 0.2) is 54.6 Å². The highest BCUT2D eigenvalue weighted by atomic mass is 16.5. The van der Waals surface area contributed by atoms with Crippen LogP contribution in [0.3, 0.4) is 0 Å². The summed E-state index contributed by atoms with van der Waals surface area (Å²) in [5.41, 5.74) is 2.10. The van der Waals surface area contributed by atoms with Gasteiger partial charge in [-0.2, -0.15) is 0 Å². The highest BCUT2D eigenvalue weighted by Crippen LogP contribution is 2.29. The summed E-state index contributed by atoms with van der Waals surface area (Å²) in [5.74, 6) is 1.27. The van der Waals surface area contributed by atoms with Crippen LogP contribution in [-0.4, -0.2) is 18.6 Å². The third kappa shape index (κ3) is 4.16. The Labute approximate surface area is 144 Å². The third-order valence-corrected chi connectivity index (χ3v) is 4.79. The fourth-order valence-corrected chi connectivity index (χ4v) is 3.37. The summed E-state index contributed by atoms with van der Waals surface area (Å²) >= 11 is 0. The lowest BCUT2D eigenvalue weighted by Crippen LogP contribution is -2.43. The number of ether oxygens (including phenoxy) is 1. The van der Waals surface area contributed by atoms with Gasteiger partial charge in [0.1, 0.15) is 5.75 Å². The van der Waals surface area contributed by atoms with Gasteiger partial charge in [-0.15, -0.1) is 0 Å². The molecule has 0 unspecified atom stereocenters. The molecule has 1 aliphatic rings. The first-order valence-electron chi connectivity index (χ1n) is 8.80. The zero-order chi connectivity index (χ0) is 16.8. The molecule has 0 radical (unpaired) electrons.